The zero-order chi connectivity index (χ0) is 23.2. The number of likely N-dealkylation sites (tertiary alicyclic amines) is 1. The van der Waals surface area contributed by atoms with Crippen LogP contribution < -0.4 is 0 Å². The van der Waals surface area contributed by atoms with Crippen LogP contribution in [-0.2, 0) is 4.84 Å². The van der Waals surface area contributed by atoms with Gasteiger partial charge in [0.2, 0.25) is 0 Å². The summed E-state index contributed by atoms with van der Waals surface area (Å²) in [5.41, 5.74) is 3.21. The van der Waals surface area contributed by atoms with Gasteiger partial charge in [0.1, 0.15) is 7.11 Å². The molecule has 0 bridgehead atoms. The van der Waals surface area contributed by atoms with Crippen LogP contribution in [0.5, 0.6) is 0 Å². The van der Waals surface area contributed by atoms with E-state index >= 15 is 0 Å². The van der Waals surface area contributed by atoms with Crippen LogP contribution in [0.25, 0.3) is 0 Å². The fourth-order valence-corrected chi connectivity index (χ4v) is 4.91. The van der Waals surface area contributed by atoms with E-state index in [1.165, 1.54) is 5.56 Å². The van der Waals surface area contributed by atoms with Gasteiger partial charge in [0, 0.05) is 68.6 Å². The third-order valence-electron chi connectivity index (χ3n) is 6.80. The summed E-state index contributed by atoms with van der Waals surface area (Å²) in [5.74, 6) is 0.258. The molecule has 1 aromatic heterocycles. The highest BCUT2D eigenvalue weighted by atomic mass is 35.5. The minimum absolute atomic E-state index is 0.154. The molecule has 0 aliphatic carbocycles. The summed E-state index contributed by atoms with van der Waals surface area (Å²) in [5, 5.41) is 5.01. The Labute approximate surface area is 201 Å². The van der Waals surface area contributed by atoms with Crippen LogP contribution in [0.2, 0.25) is 5.02 Å². The number of aromatic nitrogens is 1. The van der Waals surface area contributed by atoms with E-state index in [4.69, 9.17) is 16.4 Å². The van der Waals surface area contributed by atoms with Crippen molar-refractivity contribution in [2.24, 2.45) is 11.1 Å². The maximum atomic E-state index is 13.2. The molecule has 0 spiro atoms. The van der Waals surface area contributed by atoms with Crippen molar-refractivity contribution < 1.29 is 9.63 Å². The highest BCUT2D eigenvalue weighted by Gasteiger charge is 2.31. The molecule has 1 aromatic carbocycles. The average molecular weight is 470 g/mol. The number of oxime groups is 1. The maximum absolute atomic E-state index is 13.2. The minimum atomic E-state index is 0.154. The van der Waals surface area contributed by atoms with Crippen LogP contribution in [0.4, 0.5) is 4.79 Å². The Morgan fingerprint density at radius 1 is 1.00 bits per heavy atom. The molecule has 33 heavy (non-hydrogen) atoms. The number of pyridine rings is 1. The van der Waals surface area contributed by atoms with Gasteiger partial charge in [0.15, 0.2) is 0 Å². The summed E-state index contributed by atoms with van der Waals surface area (Å²) in [6.07, 6.45) is 5.42. The van der Waals surface area contributed by atoms with Gasteiger partial charge in [-0.2, -0.15) is 0 Å². The van der Waals surface area contributed by atoms with Gasteiger partial charge in [-0.3, -0.25) is 9.88 Å². The second-order valence-electron chi connectivity index (χ2n) is 8.69. The number of nitrogens with zero attached hydrogens (tertiary/aromatic N) is 5. The molecule has 3 heterocycles. The lowest BCUT2D eigenvalue weighted by atomic mass is 9.88. The molecule has 1 unspecified atom stereocenters. The molecule has 2 saturated heterocycles. The van der Waals surface area contributed by atoms with Crippen LogP contribution in [0.1, 0.15) is 36.9 Å². The fourth-order valence-electron chi connectivity index (χ4n) is 4.78. The molecule has 2 aromatic rings. The van der Waals surface area contributed by atoms with E-state index in [9.17, 15) is 4.79 Å². The number of benzene rings is 1. The van der Waals surface area contributed by atoms with Crippen LogP contribution in [0.3, 0.4) is 0 Å². The Kier molecular flexibility index (Phi) is 7.83. The van der Waals surface area contributed by atoms with Gasteiger partial charge >= 0.3 is 6.03 Å². The number of amides is 2. The topological polar surface area (TPSA) is 61.3 Å². The molecule has 4 rings (SSSR count). The molecular formula is C25H32ClN5O2. The molecular weight excluding hydrogens is 438 g/mol. The fraction of sp³-hybridized carbons (Fsp3) is 0.480. The van der Waals surface area contributed by atoms with Gasteiger partial charge in [-0.15, -0.1) is 0 Å². The molecule has 2 aliphatic rings. The summed E-state index contributed by atoms with van der Waals surface area (Å²) < 4.78 is 0. The summed E-state index contributed by atoms with van der Waals surface area (Å²) in [6.45, 7) is 6.96. The average Bonchev–Trinajstić information content (AvgIpc) is 2.88. The predicted molar refractivity (Wildman–Crippen MR) is 130 cm³/mol. The van der Waals surface area contributed by atoms with E-state index in [1.54, 1.807) is 7.11 Å². The third-order valence-corrected chi connectivity index (χ3v) is 7.05. The normalized spacial score (nSPS) is 19.4. The summed E-state index contributed by atoms with van der Waals surface area (Å²) >= 11 is 6.04. The van der Waals surface area contributed by atoms with E-state index in [-0.39, 0.29) is 11.9 Å². The van der Waals surface area contributed by atoms with Crippen LogP contribution in [-0.4, -0.2) is 77.8 Å². The number of halogens is 1. The SMILES string of the molecule is CON=C(c1ccc(Cl)cc1)C1CCN(C(=O)N2CCN(C(C)c3ccncc3)CC2)CC1. The van der Waals surface area contributed by atoms with Crippen molar-refractivity contribution in [3.63, 3.8) is 0 Å². The maximum Gasteiger partial charge on any atom is 0.320 e. The third kappa shape index (κ3) is 5.65. The van der Waals surface area contributed by atoms with Gasteiger partial charge in [-0.25, -0.2) is 4.79 Å². The number of hydrogen-bond acceptors (Lipinski definition) is 5. The number of rotatable bonds is 5. The van der Waals surface area contributed by atoms with E-state index < -0.39 is 0 Å². The number of carbonyl (C=O) groups is 1. The monoisotopic (exact) mass is 469 g/mol. The molecule has 2 aliphatic heterocycles. The highest BCUT2D eigenvalue weighted by Crippen LogP contribution is 2.26. The number of piperidine rings is 1. The Morgan fingerprint density at radius 3 is 2.21 bits per heavy atom. The molecule has 1 atom stereocenters. The van der Waals surface area contributed by atoms with Gasteiger partial charge in [-0.05, 0) is 55.2 Å². The van der Waals surface area contributed by atoms with Crippen LogP contribution >= 0.6 is 11.6 Å². The van der Waals surface area contributed by atoms with Crippen molar-refractivity contribution in [2.75, 3.05) is 46.4 Å². The van der Waals surface area contributed by atoms with Gasteiger partial charge in [0.25, 0.3) is 0 Å². The zero-order valence-corrected chi connectivity index (χ0v) is 20.1. The number of piperazine rings is 1. The van der Waals surface area contributed by atoms with Crippen molar-refractivity contribution in [3.8, 4) is 0 Å². The van der Waals surface area contributed by atoms with E-state index in [1.807, 2.05) is 46.5 Å². The highest BCUT2D eigenvalue weighted by molar-refractivity contribution is 6.30. The summed E-state index contributed by atoms with van der Waals surface area (Å²) in [6, 6.07) is 12.3. The number of urea groups is 1. The number of carbonyl (C=O) groups excluding carboxylic acids is 1. The first-order valence-electron chi connectivity index (χ1n) is 11.6. The van der Waals surface area contributed by atoms with E-state index in [2.05, 4.69) is 34.1 Å². The molecule has 7 nitrogen and oxygen atoms in total. The van der Waals surface area contributed by atoms with Gasteiger partial charge in [0.05, 0.1) is 5.71 Å². The molecule has 8 heteroatoms. The second kappa shape index (κ2) is 11.0. The minimum Gasteiger partial charge on any atom is -0.399 e. The summed E-state index contributed by atoms with van der Waals surface area (Å²) in [7, 11) is 1.57. The van der Waals surface area contributed by atoms with E-state index in [0.29, 0.717) is 11.1 Å². The Morgan fingerprint density at radius 2 is 1.61 bits per heavy atom. The first-order valence-corrected chi connectivity index (χ1v) is 12.0. The Bertz CT molecular complexity index is 937. The Balaban J connectivity index is 1.29. The summed E-state index contributed by atoms with van der Waals surface area (Å²) in [4.78, 5) is 28.8. The number of hydrogen-bond donors (Lipinski definition) is 0. The second-order valence-corrected chi connectivity index (χ2v) is 9.13. The van der Waals surface area contributed by atoms with Crippen molar-refractivity contribution in [1.29, 1.82) is 0 Å². The molecule has 176 valence electrons. The quantitative estimate of drug-likeness (QED) is 0.484. The molecule has 0 radical (unpaired) electrons. The molecule has 0 N–H and O–H groups in total. The smallest absolute Gasteiger partial charge is 0.320 e. The molecule has 2 fully saturated rings. The van der Waals surface area contributed by atoms with E-state index in [0.717, 1.165) is 63.4 Å². The molecule has 0 saturated carbocycles. The van der Waals surface area contributed by atoms with Crippen molar-refractivity contribution in [1.82, 2.24) is 19.7 Å². The van der Waals surface area contributed by atoms with Crippen molar-refractivity contribution >= 4 is 23.3 Å². The zero-order valence-electron chi connectivity index (χ0n) is 19.4. The lowest BCUT2D eigenvalue weighted by molar-refractivity contribution is 0.0891. The van der Waals surface area contributed by atoms with Crippen molar-refractivity contribution in [3.05, 3.63) is 64.9 Å². The first-order chi connectivity index (χ1) is 16.1. The Hall–Kier alpha value is -2.64. The predicted octanol–water partition coefficient (Wildman–Crippen LogP) is 4.30. The lowest BCUT2D eigenvalue weighted by Gasteiger charge is -2.41. The largest absolute Gasteiger partial charge is 0.399 e. The lowest BCUT2D eigenvalue weighted by Crippen LogP contribution is -2.54. The molecule has 2 amide bonds. The van der Waals surface area contributed by atoms with Gasteiger partial charge < -0.3 is 14.6 Å². The van der Waals surface area contributed by atoms with Gasteiger partial charge in [-0.1, -0.05) is 28.9 Å². The van der Waals surface area contributed by atoms with Crippen LogP contribution in [0, 0.1) is 5.92 Å². The van der Waals surface area contributed by atoms with Crippen LogP contribution in [0.15, 0.2) is 53.9 Å². The standard InChI is InChI=1S/C25H32ClN5O2/c1-19(20-7-11-27-12-8-20)29-15-17-31(18-16-29)25(32)30-13-9-22(10-14-30)24(28-33-2)21-3-5-23(26)6-4-21/h3-8,11-12,19,22H,9-10,13-18H2,1-2H3. The van der Waals surface area contributed by atoms with Crippen molar-refractivity contribution in [2.45, 2.75) is 25.8 Å². The first kappa shape index (κ1) is 23.5.